The molecule has 0 radical (unpaired) electrons. The predicted molar refractivity (Wildman–Crippen MR) is 49.7 cm³/mol. The Morgan fingerprint density at radius 2 is 2.08 bits per heavy atom. The van der Waals surface area contributed by atoms with E-state index in [0.717, 1.165) is 13.1 Å². The zero-order valence-electron chi connectivity index (χ0n) is 7.95. The summed E-state index contributed by atoms with van der Waals surface area (Å²) in [6, 6.07) is 0. The standard InChI is InChI=1S/C9H16N2O2/c1-13-9(12)5-6-10-11-7-3-2-4-8-11/h5-6,10H,2-4,7-8H2,1H3/b6-5+. The van der Waals surface area contributed by atoms with Crippen LogP contribution in [0.4, 0.5) is 0 Å². The van der Waals surface area contributed by atoms with Gasteiger partial charge in [-0.15, -0.1) is 0 Å². The molecular formula is C9H16N2O2. The highest BCUT2D eigenvalue weighted by Gasteiger charge is 2.06. The molecule has 0 saturated carbocycles. The Kier molecular flexibility index (Phi) is 4.32. The van der Waals surface area contributed by atoms with Crippen molar-refractivity contribution in [2.45, 2.75) is 19.3 Å². The summed E-state index contributed by atoms with van der Waals surface area (Å²) in [6.07, 6.45) is 6.75. The third-order valence-electron chi connectivity index (χ3n) is 2.03. The minimum absolute atomic E-state index is 0.329. The summed E-state index contributed by atoms with van der Waals surface area (Å²) in [5.74, 6) is -0.329. The van der Waals surface area contributed by atoms with Gasteiger partial charge >= 0.3 is 5.97 Å². The van der Waals surface area contributed by atoms with Gasteiger partial charge in [0, 0.05) is 25.4 Å². The highest BCUT2D eigenvalue weighted by Crippen LogP contribution is 2.05. The molecular weight excluding hydrogens is 168 g/mol. The first kappa shape index (κ1) is 10.1. The number of carbonyl (C=O) groups is 1. The van der Waals surface area contributed by atoms with Gasteiger partial charge in [-0.2, -0.15) is 0 Å². The zero-order valence-corrected chi connectivity index (χ0v) is 7.95. The number of esters is 1. The first-order chi connectivity index (χ1) is 6.33. The number of rotatable bonds is 3. The maximum Gasteiger partial charge on any atom is 0.331 e. The molecule has 4 heteroatoms. The topological polar surface area (TPSA) is 41.6 Å². The summed E-state index contributed by atoms with van der Waals surface area (Å²) < 4.78 is 4.46. The molecule has 0 aromatic rings. The fourth-order valence-electron chi connectivity index (χ4n) is 1.30. The number of piperidine rings is 1. The van der Waals surface area contributed by atoms with Crippen molar-refractivity contribution in [3.63, 3.8) is 0 Å². The Morgan fingerprint density at radius 3 is 2.69 bits per heavy atom. The molecule has 1 rings (SSSR count). The highest BCUT2D eigenvalue weighted by atomic mass is 16.5. The molecule has 1 heterocycles. The van der Waals surface area contributed by atoms with Crippen LogP contribution in [0.3, 0.4) is 0 Å². The van der Waals surface area contributed by atoms with E-state index in [2.05, 4.69) is 15.2 Å². The van der Waals surface area contributed by atoms with Crippen LogP contribution in [-0.4, -0.2) is 31.2 Å². The van der Waals surface area contributed by atoms with E-state index < -0.39 is 0 Å². The summed E-state index contributed by atoms with van der Waals surface area (Å²) in [6.45, 7) is 2.09. The molecule has 4 nitrogen and oxygen atoms in total. The maximum absolute atomic E-state index is 10.7. The first-order valence-electron chi connectivity index (χ1n) is 4.58. The molecule has 0 atom stereocenters. The molecule has 1 fully saturated rings. The number of hydrogen-bond acceptors (Lipinski definition) is 4. The third kappa shape index (κ3) is 3.94. The van der Waals surface area contributed by atoms with Crippen molar-refractivity contribution in [2.24, 2.45) is 0 Å². The van der Waals surface area contributed by atoms with Crippen molar-refractivity contribution in [1.82, 2.24) is 10.4 Å². The van der Waals surface area contributed by atoms with Crippen LogP contribution in [0, 0.1) is 0 Å². The highest BCUT2D eigenvalue weighted by molar-refractivity contribution is 5.81. The lowest BCUT2D eigenvalue weighted by molar-refractivity contribution is -0.134. The Balaban J connectivity index is 2.16. The lowest BCUT2D eigenvalue weighted by Crippen LogP contribution is -2.38. The zero-order chi connectivity index (χ0) is 9.52. The average Bonchev–Trinajstić information content (AvgIpc) is 2.19. The van der Waals surface area contributed by atoms with Gasteiger partial charge in [-0.25, -0.2) is 9.80 Å². The number of ether oxygens (including phenoxy) is 1. The monoisotopic (exact) mass is 184 g/mol. The van der Waals surface area contributed by atoms with E-state index in [1.54, 1.807) is 6.20 Å². The summed E-state index contributed by atoms with van der Waals surface area (Å²) in [5.41, 5.74) is 3.04. The van der Waals surface area contributed by atoms with Crippen LogP contribution >= 0.6 is 0 Å². The minimum atomic E-state index is -0.329. The SMILES string of the molecule is COC(=O)/C=C/NN1CCCCC1. The molecule has 0 aliphatic carbocycles. The van der Waals surface area contributed by atoms with Crippen LogP contribution < -0.4 is 5.43 Å². The fourth-order valence-corrected chi connectivity index (χ4v) is 1.30. The normalized spacial score (nSPS) is 18.8. The molecule has 0 aromatic carbocycles. The summed E-state index contributed by atoms with van der Waals surface area (Å²) in [4.78, 5) is 10.7. The van der Waals surface area contributed by atoms with E-state index in [9.17, 15) is 4.79 Å². The van der Waals surface area contributed by atoms with Gasteiger partial charge in [0.1, 0.15) is 0 Å². The van der Waals surface area contributed by atoms with Gasteiger partial charge < -0.3 is 10.2 Å². The Morgan fingerprint density at radius 1 is 1.38 bits per heavy atom. The van der Waals surface area contributed by atoms with Gasteiger partial charge in [-0.3, -0.25) is 0 Å². The fraction of sp³-hybridized carbons (Fsp3) is 0.667. The van der Waals surface area contributed by atoms with Gasteiger partial charge in [0.15, 0.2) is 0 Å². The summed E-state index contributed by atoms with van der Waals surface area (Å²) in [5, 5.41) is 2.10. The molecule has 0 bridgehead atoms. The summed E-state index contributed by atoms with van der Waals surface area (Å²) in [7, 11) is 1.37. The lowest BCUT2D eigenvalue weighted by Gasteiger charge is -2.25. The van der Waals surface area contributed by atoms with Crippen LogP contribution in [0.5, 0.6) is 0 Å². The van der Waals surface area contributed by atoms with Crippen molar-refractivity contribution < 1.29 is 9.53 Å². The molecule has 74 valence electrons. The van der Waals surface area contributed by atoms with Crippen LogP contribution in [0.1, 0.15) is 19.3 Å². The van der Waals surface area contributed by atoms with E-state index in [1.165, 1.54) is 32.4 Å². The smallest absolute Gasteiger partial charge is 0.331 e. The number of nitrogens with one attached hydrogen (secondary N) is 1. The van der Waals surface area contributed by atoms with Gasteiger partial charge in [0.25, 0.3) is 0 Å². The van der Waals surface area contributed by atoms with Crippen LogP contribution in [0.2, 0.25) is 0 Å². The maximum atomic E-state index is 10.7. The summed E-state index contributed by atoms with van der Waals surface area (Å²) >= 11 is 0. The second-order valence-corrected chi connectivity index (χ2v) is 3.03. The number of methoxy groups -OCH3 is 1. The minimum Gasteiger partial charge on any atom is -0.466 e. The third-order valence-corrected chi connectivity index (χ3v) is 2.03. The number of nitrogens with zero attached hydrogens (tertiary/aromatic N) is 1. The Labute approximate surface area is 78.5 Å². The van der Waals surface area contributed by atoms with Crippen molar-refractivity contribution >= 4 is 5.97 Å². The predicted octanol–water partition coefficient (Wildman–Crippen LogP) is 0.664. The molecule has 1 saturated heterocycles. The second kappa shape index (κ2) is 5.59. The van der Waals surface area contributed by atoms with Crippen LogP contribution in [-0.2, 0) is 9.53 Å². The van der Waals surface area contributed by atoms with Crippen LogP contribution in [0.25, 0.3) is 0 Å². The van der Waals surface area contributed by atoms with Gasteiger partial charge in [-0.05, 0) is 12.8 Å². The number of carbonyl (C=O) groups excluding carboxylic acids is 1. The Hall–Kier alpha value is -1.03. The van der Waals surface area contributed by atoms with Crippen molar-refractivity contribution in [3.8, 4) is 0 Å². The van der Waals surface area contributed by atoms with Crippen molar-refractivity contribution in [3.05, 3.63) is 12.3 Å². The van der Waals surface area contributed by atoms with Crippen molar-refractivity contribution in [1.29, 1.82) is 0 Å². The molecule has 1 aliphatic rings. The lowest BCUT2D eigenvalue weighted by atomic mass is 10.2. The van der Waals surface area contributed by atoms with Crippen LogP contribution in [0.15, 0.2) is 12.3 Å². The second-order valence-electron chi connectivity index (χ2n) is 3.03. The largest absolute Gasteiger partial charge is 0.466 e. The molecule has 0 amide bonds. The van der Waals surface area contributed by atoms with E-state index in [-0.39, 0.29) is 5.97 Å². The van der Waals surface area contributed by atoms with Gasteiger partial charge in [0.05, 0.1) is 7.11 Å². The van der Waals surface area contributed by atoms with E-state index >= 15 is 0 Å². The average molecular weight is 184 g/mol. The van der Waals surface area contributed by atoms with E-state index in [0.29, 0.717) is 0 Å². The molecule has 1 N–H and O–H groups in total. The molecule has 0 aromatic heterocycles. The number of hydrogen-bond donors (Lipinski definition) is 1. The molecule has 0 spiro atoms. The quantitative estimate of drug-likeness (QED) is 0.517. The van der Waals surface area contributed by atoms with Crippen molar-refractivity contribution in [2.75, 3.05) is 20.2 Å². The Bertz CT molecular complexity index is 186. The molecule has 0 unspecified atom stereocenters. The molecule has 1 aliphatic heterocycles. The van der Waals surface area contributed by atoms with E-state index in [1.807, 2.05) is 0 Å². The number of hydrazine groups is 1. The van der Waals surface area contributed by atoms with Gasteiger partial charge in [0.2, 0.25) is 0 Å². The van der Waals surface area contributed by atoms with E-state index in [4.69, 9.17) is 0 Å². The first-order valence-corrected chi connectivity index (χ1v) is 4.58. The van der Waals surface area contributed by atoms with Gasteiger partial charge in [-0.1, -0.05) is 6.42 Å². The molecule has 13 heavy (non-hydrogen) atoms.